The molecular formula is C27H31N3O. The second-order valence-corrected chi connectivity index (χ2v) is 8.68. The maximum atomic E-state index is 13.0. The van der Waals surface area contributed by atoms with Gasteiger partial charge in [0.2, 0.25) is 0 Å². The van der Waals surface area contributed by atoms with E-state index in [1.807, 2.05) is 43.4 Å². The Labute approximate surface area is 185 Å². The van der Waals surface area contributed by atoms with E-state index in [1.165, 1.54) is 23.2 Å². The highest BCUT2D eigenvalue weighted by Gasteiger charge is 2.24. The Hall–Kier alpha value is -3.11. The first-order valence-corrected chi connectivity index (χ1v) is 10.9. The van der Waals surface area contributed by atoms with Gasteiger partial charge < -0.3 is 14.7 Å². The van der Waals surface area contributed by atoms with E-state index in [1.54, 1.807) is 4.90 Å². The van der Waals surface area contributed by atoms with Gasteiger partial charge in [0, 0.05) is 43.1 Å². The van der Waals surface area contributed by atoms with Crippen molar-refractivity contribution in [2.45, 2.75) is 19.4 Å². The number of carbonyl (C=O) groups is 1. The molecule has 3 aromatic carbocycles. The van der Waals surface area contributed by atoms with Crippen molar-refractivity contribution in [1.29, 1.82) is 0 Å². The van der Waals surface area contributed by atoms with Crippen LogP contribution in [0.1, 0.15) is 22.3 Å². The topological polar surface area (TPSA) is 26.8 Å². The molecule has 1 heterocycles. The van der Waals surface area contributed by atoms with E-state index in [4.69, 9.17) is 0 Å². The zero-order valence-corrected chi connectivity index (χ0v) is 18.9. The van der Waals surface area contributed by atoms with Crippen molar-refractivity contribution in [2.75, 3.05) is 44.0 Å². The number of amides is 1. The maximum absolute atomic E-state index is 13.0. The van der Waals surface area contributed by atoms with E-state index in [-0.39, 0.29) is 5.91 Å². The molecule has 160 valence electrons. The number of aryl methyl sites for hydroxylation is 1. The van der Waals surface area contributed by atoms with Gasteiger partial charge in [-0.3, -0.25) is 4.79 Å². The first-order valence-electron chi connectivity index (χ1n) is 10.9. The Balaban J connectivity index is 1.44. The van der Waals surface area contributed by atoms with E-state index in [9.17, 15) is 4.79 Å². The molecule has 1 atom stereocenters. The molecule has 0 bridgehead atoms. The highest BCUT2D eigenvalue weighted by molar-refractivity contribution is 6.06. The van der Waals surface area contributed by atoms with Gasteiger partial charge in [-0.15, -0.1) is 0 Å². The predicted octanol–water partition coefficient (Wildman–Crippen LogP) is 5.08. The summed E-state index contributed by atoms with van der Waals surface area (Å²) in [4.78, 5) is 19.5. The van der Waals surface area contributed by atoms with Gasteiger partial charge in [-0.1, -0.05) is 42.0 Å². The fourth-order valence-electron chi connectivity index (χ4n) is 4.23. The third-order valence-corrected chi connectivity index (χ3v) is 6.28. The molecule has 1 aliphatic rings. The predicted molar refractivity (Wildman–Crippen MR) is 130 cm³/mol. The summed E-state index contributed by atoms with van der Waals surface area (Å²) < 4.78 is 0. The Bertz CT molecular complexity index is 1040. The molecule has 0 saturated carbocycles. The summed E-state index contributed by atoms with van der Waals surface area (Å²) >= 11 is 0. The SMILES string of the molecule is Cc1cccc(-c2ccc(C(=O)N(C)c3ccc(N4CCC(N(C)C)C4)cc3)cc2)c1. The minimum Gasteiger partial charge on any atom is -0.370 e. The molecule has 0 N–H and O–H groups in total. The number of nitrogens with zero attached hydrogens (tertiary/aromatic N) is 3. The van der Waals surface area contributed by atoms with Gasteiger partial charge in [-0.25, -0.2) is 0 Å². The zero-order chi connectivity index (χ0) is 22.0. The van der Waals surface area contributed by atoms with Gasteiger partial charge in [0.05, 0.1) is 0 Å². The van der Waals surface area contributed by atoms with Crippen LogP contribution in [0.15, 0.2) is 72.8 Å². The summed E-state index contributed by atoms with van der Waals surface area (Å²) in [6.45, 7) is 4.21. The number of hydrogen-bond donors (Lipinski definition) is 0. The number of anilines is 2. The lowest BCUT2D eigenvalue weighted by atomic mass is 10.0. The second-order valence-electron chi connectivity index (χ2n) is 8.68. The highest BCUT2D eigenvalue weighted by Crippen LogP contribution is 2.26. The Morgan fingerprint density at radius 1 is 0.903 bits per heavy atom. The average molecular weight is 414 g/mol. The molecular weight excluding hydrogens is 382 g/mol. The first-order chi connectivity index (χ1) is 14.9. The summed E-state index contributed by atoms with van der Waals surface area (Å²) in [7, 11) is 6.13. The summed E-state index contributed by atoms with van der Waals surface area (Å²) in [6.07, 6.45) is 1.19. The molecule has 1 amide bonds. The minimum atomic E-state index is -0.00242. The Morgan fingerprint density at radius 2 is 1.61 bits per heavy atom. The number of rotatable bonds is 5. The molecule has 31 heavy (non-hydrogen) atoms. The van der Waals surface area contributed by atoms with Gasteiger partial charge >= 0.3 is 0 Å². The van der Waals surface area contributed by atoms with Crippen LogP contribution < -0.4 is 9.80 Å². The van der Waals surface area contributed by atoms with E-state index >= 15 is 0 Å². The van der Waals surface area contributed by atoms with Crippen LogP contribution in [0.25, 0.3) is 11.1 Å². The maximum Gasteiger partial charge on any atom is 0.258 e. The number of hydrogen-bond acceptors (Lipinski definition) is 3. The highest BCUT2D eigenvalue weighted by atomic mass is 16.2. The molecule has 0 aliphatic carbocycles. The van der Waals surface area contributed by atoms with E-state index < -0.39 is 0 Å². The molecule has 4 heteroatoms. The van der Waals surface area contributed by atoms with Gasteiger partial charge in [-0.05, 0) is 75.0 Å². The molecule has 3 aromatic rings. The third kappa shape index (κ3) is 4.64. The summed E-state index contributed by atoms with van der Waals surface area (Å²) in [5, 5.41) is 0. The summed E-state index contributed by atoms with van der Waals surface area (Å²) in [5.74, 6) is -0.00242. The summed E-state index contributed by atoms with van der Waals surface area (Å²) in [6, 6.07) is 25.2. The Morgan fingerprint density at radius 3 is 2.23 bits per heavy atom. The number of carbonyl (C=O) groups excluding carboxylic acids is 1. The molecule has 4 nitrogen and oxygen atoms in total. The van der Waals surface area contributed by atoms with Gasteiger partial charge in [0.15, 0.2) is 0 Å². The van der Waals surface area contributed by atoms with E-state index in [0.717, 1.165) is 24.3 Å². The molecule has 0 aromatic heterocycles. The first kappa shape index (κ1) is 21.1. The second kappa shape index (κ2) is 8.94. The van der Waals surface area contributed by atoms with Crippen molar-refractivity contribution in [2.24, 2.45) is 0 Å². The standard InChI is InChI=1S/C27H31N3O/c1-20-6-5-7-23(18-20)21-8-10-22(11-9-21)27(31)29(4)24-12-14-25(15-13-24)30-17-16-26(19-30)28(2)3/h5-15,18,26H,16-17,19H2,1-4H3. The molecule has 1 aliphatic heterocycles. The Kier molecular flexibility index (Phi) is 6.10. The normalized spacial score (nSPS) is 16.0. The molecule has 1 fully saturated rings. The lowest BCUT2D eigenvalue weighted by Crippen LogP contribution is -2.31. The van der Waals surface area contributed by atoms with Crippen molar-refractivity contribution in [3.8, 4) is 11.1 Å². The van der Waals surface area contributed by atoms with Crippen molar-refractivity contribution in [3.05, 3.63) is 83.9 Å². The lowest BCUT2D eigenvalue weighted by molar-refractivity contribution is 0.0993. The van der Waals surface area contributed by atoms with Gasteiger partial charge in [0.1, 0.15) is 0 Å². The molecule has 1 saturated heterocycles. The van der Waals surface area contributed by atoms with Crippen LogP contribution in [0.5, 0.6) is 0 Å². The van der Waals surface area contributed by atoms with Gasteiger partial charge in [-0.2, -0.15) is 0 Å². The zero-order valence-electron chi connectivity index (χ0n) is 18.9. The fourth-order valence-corrected chi connectivity index (χ4v) is 4.23. The van der Waals surface area contributed by atoms with Crippen LogP contribution in [-0.4, -0.2) is 51.1 Å². The van der Waals surface area contributed by atoms with Crippen molar-refractivity contribution in [1.82, 2.24) is 4.90 Å². The number of benzene rings is 3. The molecule has 1 unspecified atom stereocenters. The quantitative estimate of drug-likeness (QED) is 0.584. The van der Waals surface area contributed by atoms with Crippen LogP contribution >= 0.6 is 0 Å². The van der Waals surface area contributed by atoms with E-state index in [2.05, 4.69) is 67.2 Å². The molecule has 0 spiro atoms. The van der Waals surface area contributed by atoms with Gasteiger partial charge in [0.25, 0.3) is 5.91 Å². The monoisotopic (exact) mass is 413 g/mol. The van der Waals surface area contributed by atoms with Crippen LogP contribution in [0.4, 0.5) is 11.4 Å². The average Bonchev–Trinajstić information content (AvgIpc) is 3.29. The largest absolute Gasteiger partial charge is 0.370 e. The van der Waals surface area contributed by atoms with Crippen molar-refractivity contribution in [3.63, 3.8) is 0 Å². The minimum absolute atomic E-state index is 0.00242. The summed E-state index contributed by atoms with van der Waals surface area (Å²) in [5.41, 5.74) is 6.33. The van der Waals surface area contributed by atoms with Crippen molar-refractivity contribution < 1.29 is 4.79 Å². The molecule has 4 rings (SSSR count). The van der Waals surface area contributed by atoms with Crippen LogP contribution in [0, 0.1) is 6.92 Å². The van der Waals surface area contributed by atoms with Crippen LogP contribution in [-0.2, 0) is 0 Å². The van der Waals surface area contributed by atoms with E-state index in [0.29, 0.717) is 11.6 Å². The number of likely N-dealkylation sites (N-methyl/N-ethyl adjacent to an activating group) is 1. The van der Waals surface area contributed by atoms with Crippen molar-refractivity contribution >= 4 is 17.3 Å². The fraction of sp³-hybridized carbons (Fsp3) is 0.296. The molecule has 0 radical (unpaired) electrons. The van der Waals surface area contributed by atoms with Crippen LogP contribution in [0.3, 0.4) is 0 Å². The lowest BCUT2D eigenvalue weighted by Gasteiger charge is -2.23. The smallest absolute Gasteiger partial charge is 0.258 e. The third-order valence-electron chi connectivity index (χ3n) is 6.28. The van der Waals surface area contributed by atoms with Crippen LogP contribution in [0.2, 0.25) is 0 Å².